The first-order valence-electron chi connectivity index (χ1n) is 7.22. The van der Waals surface area contributed by atoms with Crippen molar-refractivity contribution >= 4 is 21.4 Å². The summed E-state index contributed by atoms with van der Waals surface area (Å²) in [5, 5.41) is 1.78. The highest BCUT2D eigenvalue weighted by molar-refractivity contribution is 7.91. The zero-order chi connectivity index (χ0) is 15.6. The zero-order valence-electron chi connectivity index (χ0n) is 12.4. The Kier molecular flexibility index (Phi) is 4.62. The third-order valence-corrected chi connectivity index (χ3v) is 6.87. The van der Waals surface area contributed by atoms with E-state index >= 15 is 0 Å². The predicted octanol–water partition coefficient (Wildman–Crippen LogP) is 1.80. The molecule has 2 aromatic heterocycles. The maximum Gasteiger partial charge on any atom is 0.252 e. The van der Waals surface area contributed by atoms with E-state index in [0.717, 1.165) is 12.4 Å². The topological polar surface area (TPSA) is 64.4 Å². The van der Waals surface area contributed by atoms with Gasteiger partial charge in [0.2, 0.25) is 0 Å². The molecule has 0 unspecified atom stereocenters. The van der Waals surface area contributed by atoms with E-state index < -0.39 is 10.0 Å². The molecule has 2 aromatic rings. The molecule has 1 aliphatic heterocycles. The van der Waals surface area contributed by atoms with E-state index in [4.69, 9.17) is 4.74 Å². The van der Waals surface area contributed by atoms with Crippen LogP contribution in [0.4, 0.5) is 0 Å². The number of ether oxygens (including phenoxy) is 1. The van der Waals surface area contributed by atoms with Gasteiger partial charge in [0.05, 0.1) is 13.2 Å². The Balaban J connectivity index is 1.90. The van der Waals surface area contributed by atoms with Crippen molar-refractivity contribution in [3.05, 3.63) is 35.7 Å². The lowest BCUT2D eigenvalue weighted by molar-refractivity contribution is 0.0979. The van der Waals surface area contributed by atoms with Gasteiger partial charge in [-0.05, 0) is 18.4 Å². The maximum atomic E-state index is 12.8. The summed E-state index contributed by atoms with van der Waals surface area (Å²) in [5.41, 5.74) is 0. The summed E-state index contributed by atoms with van der Waals surface area (Å²) in [6, 6.07) is 3.41. The number of hydrogen-bond acceptors (Lipinski definition) is 5. The molecular formula is C14H19N3O3S2. The van der Waals surface area contributed by atoms with Crippen molar-refractivity contribution in [3.8, 4) is 0 Å². The molecule has 0 fully saturated rings. The average molecular weight is 341 g/mol. The van der Waals surface area contributed by atoms with Gasteiger partial charge in [-0.25, -0.2) is 13.4 Å². The van der Waals surface area contributed by atoms with E-state index in [1.54, 1.807) is 23.7 Å². The first-order valence-corrected chi connectivity index (χ1v) is 9.54. The molecule has 0 amide bonds. The van der Waals surface area contributed by atoms with Crippen molar-refractivity contribution in [1.82, 2.24) is 13.9 Å². The molecule has 22 heavy (non-hydrogen) atoms. The van der Waals surface area contributed by atoms with Crippen LogP contribution < -0.4 is 0 Å². The molecule has 0 saturated heterocycles. The van der Waals surface area contributed by atoms with Gasteiger partial charge in [-0.1, -0.05) is 6.07 Å². The summed E-state index contributed by atoms with van der Waals surface area (Å²) < 4.78 is 35.1. The fourth-order valence-corrected chi connectivity index (χ4v) is 5.23. The van der Waals surface area contributed by atoms with Crippen LogP contribution in [0.25, 0.3) is 0 Å². The van der Waals surface area contributed by atoms with Crippen molar-refractivity contribution in [3.63, 3.8) is 0 Å². The second-order valence-corrected chi connectivity index (χ2v) is 8.36. The van der Waals surface area contributed by atoms with Gasteiger partial charge in [-0.15, -0.1) is 11.3 Å². The fraction of sp³-hybridized carbons (Fsp3) is 0.500. The standard InChI is InChI=1S/C14H19N3O3S2/c1-2-20-11-12-8-16-6-5-15-13(16)10-17(9-12)22(18,19)14-4-3-7-21-14/h3-7,12H,2,8-11H2,1H3/t12-/m1/s1. The molecule has 0 radical (unpaired) electrons. The Bertz CT molecular complexity index is 710. The molecule has 0 N–H and O–H groups in total. The van der Waals surface area contributed by atoms with Crippen molar-refractivity contribution < 1.29 is 13.2 Å². The minimum atomic E-state index is -3.48. The normalized spacial score (nSPS) is 19.8. The lowest BCUT2D eigenvalue weighted by atomic mass is 10.1. The fourth-order valence-electron chi connectivity index (χ4n) is 2.61. The largest absolute Gasteiger partial charge is 0.381 e. The Morgan fingerprint density at radius 2 is 2.32 bits per heavy atom. The molecule has 3 heterocycles. The van der Waals surface area contributed by atoms with E-state index in [2.05, 4.69) is 4.98 Å². The summed E-state index contributed by atoms with van der Waals surface area (Å²) in [4.78, 5) is 4.30. The lowest BCUT2D eigenvalue weighted by Gasteiger charge is -2.22. The molecule has 3 rings (SSSR count). The van der Waals surface area contributed by atoms with Crippen LogP contribution in [-0.2, 0) is 27.8 Å². The number of sulfonamides is 1. The Labute approximate surface area is 134 Å². The number of imidazole rings is 1. The van der Waals surface area contributed by atoms with Crippen LogP contribution in [0.1, 0.15) is 12.7 Å². The Hall–Kier alpha value is -1.22. The summed E-state index contributed by atoms with van der Waals surface area (Å²) in [6.07, 6.45) is 3.61. The maximum absolute atomic E-state index is 12.8. The van der Waals surface area contributed by atoms with Crippen LogP contribution >= 0.6 is 11.3 Å². The van der Waals surface area contributed by atoms with Crippen LogP contribution in [0, 0.1) is 5.92 Å². The first-order chi connectivity index (χ1) is 10.6. The quantitative estimate of drug-likeness (QED) is 0.832. The average Bonchev–Trinajstić information content (AvgIpc) is 3.14. The number of nitrogens with zero attached hydrogens (tertiary/aromatic N) is 3. The highest BCUT2D eigenvalue weighted by Gasteiger charge is 2.32. The molecule has 0 bridgehead atoms. The molecule has 8 heteroatoms. The Morgan fingerprint density at radius 3 is 3.05 bits per heavy atom. The molecule has 120 valence electrons. The van der Waals surface area contributed by atoms with Gasteiger partial charge >= 0.3 is 0 Å². The van der Waals surface area contributed by atoms with Crippen LogP contribution in [-0.4, -0.2) is 42.0 Å². The number of hydrogen-bond donors (Lipinski definition) is 0. The van der Waals surface area contributed by atoms with Gasteiger partial charge in [0, 0.05) is 38.0 Å². The molecule has 1 atom stereocenters. The minimum absolute atomic E-state index is 0.116. The van der Waals surface area contributed by atoms with Crippen molar-refractivity contribution in [2.75, 3.05) is 19.8 Å². The second-order valence-electron chi connectivity index (χ2n) is 5.25. The zero-order valence-corrected chi connectivity index (χ0v) is 14.0. The monoisotopic (exact) mass is 341 g/mol. The number of rotatable bonds is 5. The van der Waals surface area contributed by atoms with E-state index in [9.17, 15) is 8.42 Å². The molecule has 0 aromatic carbocycles. The van der Waals surface area contributed by atoms with E-state index in [0.29, 0.717) is 30.5 Å². The molecule has 0 spiro atoms. The van der Waals surface area contributed by atoms with E-state index in [1.165, 1.54) is 15.6 Å². The highest BCUT2D eigenvalue weighted by Crippen LogP contribution is 2.26. The van der Waals surface area contributed by atoms with Crippen LogP contribution in [0.5, 0.6) is 0 Å². The molecule has 0 saturated carbocycles. The molecular weight excluding hydrogens is 322 g/mol. The van der Waals surface area contributed by atoms with Gasteiger partial charge in [-0.3, -0.25) is 0 Å². The number of fused-ring (bicyclic) bond motifs is 1. The smallest absolute Gasteiger partial charge is 0.252 e. The second kappa shape index (κ2) is 6.49. The Morgan fingerprint density at radius 1 is 1.45 bits per heavy atom. The minimum Gasteiger partial charge on any atom is -0.381 e. The number of thiophene rings is 1. The lowest BCUT2D eigenvalue weighted by Crippen LogP contribution is -2.35. The van der Waals surface area contributed by atoms with Gasteiger partial charge in [0.15, 0.2) is 0 Å². The van der Waals surface area contributed by atoms with Gasteiger partial charge in [0.1, 0.15) is 10.0 Å². The van der Waals surface area contributed by atoms with E-state index in [-0.39, 0.29) is 5.92 Å². The summed E-state index contributed by atoms with van der Waals surface area (Å²) in [7, 11) is -3.48. The van der Waals surface area contributed by atoms with Crippen LogP contribution in [0.3, 0.4) is 0 Å². The van der Waals surface area contributed by atoms with Gasteiger partial charge < -0.3 is 9.30 Å². The highest BCUT2D eigenvalue weighted by atomic mass is 32.2. The van der Waals surface area contributed by atoms with Crippen molar-refractivity contribution in [2.45, 2.75) is 24.2 Å². The summed E-state index contributed by atoms with van der Waals surface area (Å²) >= 11 is 1.24. The summed E-state index contributed by atoms with van der Waals surface area (Å²) in [6.45, 7) is 4.60. The third kappa shape index (κ3) is 3.10. The SMILES string of the molecule is CCOC[C@H]1CN(S(=O)(=O)c2cccs2)Cc2nccn2C1. The predicted molar refractivity (Wildman–Crippen MR) is 84.1 cm³/mol. The van der Waals surface area contributed by atoms with Gasteiger partial charge in [-0.2, -0.15) is 4.31 Å². The van der Waals surface area contributed by atoms with Crippen molar-refractivity contribution in [2.24, 2.45) is 5.92 Å². The number of aromatic nitrogens is 2. The first kappa shape index (κ1) is 15.7. The van der Waals surface area contributed by atoms with Crippen molar-refractivity contribution in [1.29, 1.82) is 0 Å². The third-order valence-electron chi connectivity index (χ3n) is 3.68. The van der Waals surface area contributed by atoms with Crippen LogP contribution in [0.2, 0.25) is 0 Å². The molecule has 6 nitrogen and oxygen atoms in total. The van der Waals surface area contributed by atoms with Crippen LogP contribution in [0.15, 0.2) is 34.1 Å². The molecule has 0 aliphatic carbocycles. The molecule has 1 aliphatic rings. The van der Waals surface area contributed by atoms with Gasteiger partial charge in [0.25, 0.3) is 10.0 Å². The summed E-state index contributed by atoms with van der Waals surface area (Å²) in [5.74, 6) is 0.893. The van der Waals surface area contributed by atoms with E-state index in [1.807, 2.05) is 17.7 Å².